The topological polar surface area (TPSA) is 79.5 Å². The lowest BCUT2D eigenvalue weighted by Crippen LogP contribution is -2.09. The van der Waals surface area contributed by atoms with E-state index in [1.54, 1.807) is 0 Å². The summed E-state index contributed by atoms with van der Waals surface area (Å²) in [6.45, 7) is 6.87. The number of nitriles is 1. The van der Waals surface area contributed by atoms with Gasteiger partial charge < -0.3 is 14.6 Å². The fourth-order valence-corrected chi connectivity index (χ4v) is 1.89. The van der Waals surface area contributed by atoms with Crippen LogP contribution in [-0.4, -0.2) is 24.8 Å². The Morgan fingerprint density at radius 3 is 2.48 bits per heavy atom. The fraction of sp³-hybridized carbons (Fsp3) is 0.500. The Hall–Kier alpha value is -2.22. The van der Waals surface area contributed by atoms with Crippen LogP contribution < -0.4 is 9.47 Å². The Balaban J connectivity index is 2.88. The zero-order valence-corrected chi connectivity index (χ0v) is 12.9. The summed E-state index contributed by atoms with van der Waals surface area (Å²) in [5.74, 6) is -0.679. The molecule has 1 N–H and O–H groups in total. The van der Waals surface area contributed by atoms with Crippen LogP contribution in [0.2, 0.25) is 0 Å². The van der Waals surface area contributed by atoms with Gasteiger partial charge in [0.25, 0.3) is 0 Å². The fourth-order valence-electron chi connectivity index (χ4n) is 1.89. The van der Waals surface area contributed by atoms with Crippen LogP contribution in [0.15, 0.2) is 12.1 Å². The Morgan fingerprint density at radius 2 is 2.00 bits per heavy atom. The first-order valence-corrected chi connectivity index (χ1v) is 6.76. The van der Waals surface area contributed by atoms with Gasteiger partial charge in [-0.15, -0.1) is 0 Å². The van der Waals surface area contributed by atoms with E-state index in [0.29, 0.717) is 6.61 Å². The van der Waals surface area contributed by atoms with Crippen molar-refractivity contribution in [2.24, 2.45) is 5.41 Å². The van der Waals surface area contributed by atoms with Gasteiger partial charge in [0.2, 0.25) is 0 Å². The molecule has 1 aromatic carbocycles. The molecule has 0 fully saturated rings. The number of ether oxygens (including phenoxy) is 2. The summed E-state index contributed by atoms with van der Waals surface area (Å²) < 4.78 is 10.6. The number of benzene rings is 1. The van der Waals surface area contributed by atoms with Gasteiger partial charge in [-0.25, -0.2) is 4.79 Å². The van der Waals surface area contributed by atoms with Crippen LogP contribution in [0, 0.1) is 16.7 Å². The van der Waals surface area contributed by atoms with Crippen LogP contribution in [0.5, 0.6) is 11.5 Å². The number of hydrogen-bond donors (Lipinski definition) is 1. The van der Waals surface area contributed by atoms with E-state index in [4.69, 9.17) is 19.8 Å². The molecule has 0 aliphatic carbocycles. The summed E-state index contributed by atoms with van der Waals surface area (Å²) in [6, 6.07) is 4.73. The van der Waals surface area contributed by atoms with E-state index in [1.807, 2.05) is 6.07 Å². The summed E-state index contributed by atoms with van der Waals surface area (Å²) >= 11 is 0. The molecule has 0 bridgehead atoms. The quantitative estimate of drug-likeness (QED) is 0.812. The minimum atomic E-state index is -1.11. The molecule has 5 nitrogen and oxygen atoms in total. The van der Waals surface area contributed by atoms with Gasteiger partial charge in [-0.1, -0.05) is 20.8 Å². The van der Waals surface area contributed by atoms with Gasteiger partial charge in [0.05, 0.1) is 19.3 Å². The first-order chi connectivity index (χ1) is 9.78. The predicted octanol–water partition coefficient (Wildman–Crippen LogP) is 3.47. The molecule has 0 radical (unpaired) electrons. The number of carboxylic acids is 1. The predicted molar refractivity (Wildman–Crippen MR) is 78.9 cm³/mol. The van der Waals surface area contributed by atoms with Crippen molar-refractivity contribution in [1.82, 2.24) is 0 Å². The zero-order valence-electron chi connectivity index (χ0n) is 12.9. The van der Waals surface area contributed by atoms with Gasteiger partial charge >= 0.3 is 5.97 Å². The summed E-state index contributed by atoms with van der Waals surface area (Å²) in [6.07, 6.45) is 1.82. The molecule has 0 saturated carbocycles. The SMILES string of the molecule is COc1cc(C#N)c(OCCCC(C)(C)C)cc1C(=O)O. The van der Waals surface area contributed by atoms with E-state index < -0.39 is 5.97 Å². The number of rotatable bonds is 6. The first-order valence-electron chi connectivity index (χ1n) is 6.76. The standard InChI is InChI=1S/C16H21NO4/c1-16(2,3)6-5-7-21-13-9-12(15(18)19)14(20-4)8-11(13)10-17/h8-9H,5-7H2,1-4H3,(H,18,19). The van der Waals surface area contributed by atoms with Gasteiger partial charge in [-0.3, -0.25) is 0 Å². The van der Waals surface area contributed by atoms with Crippen LogP contribution in [-0.2, 0) is 0 Å². The van der Waals surface area contributed by atoms with Crippen LogP contribution in [0.1, 0.15) is 49.5 Å². The van der Waals surface area contributed by atoms with Crippen molar-refractivity contribution in [3.05, 3.63) is 23.3 Å². The lowest BCUT2D eigenvalue weighted by Gasteiger charge is -2.18. The number of methoxy groups -OCH3 is 1. The highest BCUT2D eigenvalue weighted by molar-refractivity contribution is 5.92. The van der Waals surface area contributed by atoms with Crippen LogP contribution >= 0.6 is 0 Å². The highest BCUT2D eigenvalue weighted by atomic mass is 16.5. The molecule has 1 aromatic rings. The Kier molecular flexibility index (Phi) is 5.60. The normalized spacial score (nSPS) is 10.8. The highest BCUT2D eigenvalue weighted by Gasteiger charge is 2.17. The maximum atomic E-state index is 11.2. The van der Waals surface area contributed by atoms with Crippen molar-refractivity contribution >= 4 is 5.97 Å². The van der Waals surface area contributed by atoms with E-state index in [2.05, 4.69) is 20.8 Å². The molecule has 0 unspecified atom stereocenters. The zero-order chi connectivity index (χ0) is 16.0. The van der Waals surface area contributed by atoms with E-state index >= 15 is 0 Å². The van der Waals surface area contributed by atoms with Gasteiger partial charge in [-0.2, -0.15) is 5.26 Å². The molecule has 0 heterocycles. The molecule has 21 heavy (non-hydrogen) atoms. The molecule has 114 valence electrons. The Bertz CT molecular complexity index is 553. The minimum absolute atomic E-state index is 0.0117. The van der Waals surface area contributed by atoms with Crippen molar-refractivity contribution in [3.63, 3.8) is 0 Å². The maximum absolute atomic E-state index is 11.2. The number of hydrogen-bond acceptors (Lipinski definition) is 4. The summed E-state index contributed by atoms with van der Waals surface area (Å²) in [5, 5.41) is 18.3. The lowest BCUT2D eigenvalue weighted by atomic mass is 9.91. The molecule has 0 spiro atoms. The molecular formula is C16H21NO4. The van der Waals surface area contributed by atoms with Crippen molar-refractivity contribution in [3.8, 4) is 17.6 Å². The van der Waals surface area contributed by atoms with E-state index in [-0.39, 0.29) is 28.0 Å². The number of carbonyl (C=O) groups is 1. The second-order valence-electron chi connectivity index (χ2n) is 5.98. The number of nitrogens with zero attached hydrogens (tertiary/aromatic N) is 1. The molecule has 0 aromatic heterocycles. The van der Waals surface area contributed by atoms with Crippen LogP contribution in [0.4, 0.5) is 0 Å². The minimum Gasteiger partial charge on any atom is -0.496 e. The summed E-state index contributed by atoms with van der Waals surface area (Å²) in [5.41, 5.74) is 0.475. The largest absolute Gasteiger partial charge is 0.496 e. The van der Waals surface area contributed by atoms with Crippen LogP contribution in [0.25, 0.3) is 0 Å². The van der Waals surface area contributed by atoms with Crippen LogP contribution in [0.3, 0.4) is 0 Å². The third-order valence-corrected chi connectivity index (χ3v) is 2.98. The summed E-state index contributed by atoms with van der Waals surface area (Å²) in [7, 11) is 1.37. The third kappa shape index (κ3) is 4.99. The van der Waals surface area contributed by atoms with Crippen molar-refractivity contribution in [2.45, 2.75) is 33.6 Å². The second kappa shape index (κ2) is 6.98. The van der Waals surface area contributed by atoms with Gasteiger partial charge in [0, 0.05) is 6.07 Å². The molecule has 0 amide bonds. The molecule has 5 heteroatoms. The van der Waals surface area contributed by atoms with Crippen molar-refractivity contribution in [2.75, 3.05) is 13.7 Å². The Morgan fingerprint density at radius 1 is 1.33 bits per heavy atom. The summed E-state index contributed by atoms with van der Waals surface area (Å²) in [4.78, 5) is 11.2. The maximum Gasteiger partial charge on any atom is 0.339 e. The van der Waals surface area contributed by atoms with Gasteiger partial charge in [-0.05, 0) is 24.3 Å². The molecule has 1 rings (SSSR count). The first kappa shape index (κ1) is 16.8. The second-order valence-corrected chi connectivity index (χ2v) is 5.98. The average molecular weight is 291 g/mol. The van der Waals surface area contributed by atoms with Gasteiger partial charge in [0.1, 0.15) is 23.1 Å². The number of carboxylic acid groups (broad SMARTS) is 1. The smallest absolute Gasteiger partial charge is 0.339 e. The van der Waals surface area contributed by atoms with Crippen molar-refractivity contribution < 1.29 is 19.4 Å². The average Bonchev–Trinajstić information content (AvgIpc) is 2.41. The van der Waals surface area contributed by atoms with Gasteiger partial charge in [0.15, 0.2) is 0 Å². The van der Waals surface area contributed by atoms with E-state index in [9.17, 15) is 4.79 Å². The molecule has 0 saturated heterocycles. The van der Waals surface area contributed by atoms with E-state index in [1.165, 1.54) is 19.2 Å². The molecule has 0 aliphatic heterocycles. The Labute approximate surface area is 125 Å². The molecule has 0 atom stereocenters. The van der Waals surface area contributed by atoms with Crippen molar-refractivity contribution in [1.29, 1.82) is 5.26 Å². The molecular weight excluding hydrogens is 270 g/mol. The monoisotopic (exact) mass is 291 g/mol. The lowest BCUT2D eigenvalue weighted by molar-refractivity contribution is 0.0692. The molecule has 0 aliphatic rings. The highest BCUT2D eigenvalue weighted by Crippen LogP contribution is 2.29. The van der Waals surface area contributed by atoms with E-state index in [0.717, 1.165) is 12.8 Å². The number of aromatic carboxylic acids is 1. The third-order valence-electron chi connectivity index (χ3n) is 2.98.